The first-order valence-corrected chi connectivity index (χ1v) is 7.34. The first-order chi connectivity index (χ1) is 10.1. The Morgan fingerprint density at radius 1 is 1.43 bits per heavy atom. The Morgan fingerprint density at radius 3 is 2.95 bits per heavy atom. The first kappa shape index (κ1) is 15.5. The zero-order chi connectivity index (χ0) is 15.2. The van der Waals surface area contributed by atoms with E-state index in [2.05, 4.69) is 29.1 Å². The third-order valence-corrected chi connectivity index (χ3v) is 3.32. The number of nitrogens with one attached hydrogen (secondary N) is 2. The van der Waals surface area contributed by atoms with Gasteiger partial charge in [0.15, 0.2) is 0 Å². The number of aromatic nitrogens is 2. The molecule has 1 aromatic heterocycles. The van der Waals surface area contributed by atoms with Gasteiger partial charge in [0.05, 0.1) is 17.5 Å². The molecule has 0 aliphatic heterocycles. The van der Waals surface area contributed by atoms with Gasteiger partial charge in [-0.1, -0.05) is 19.9 Å². The lowest BCUT2D eigenvalue weighted by Gasteiger charge is -2.05. The molecule has 2 N–H and O–H groups in total. The topological polar surface area (TPSA) is 67.0 Å². The van der Waals surface area contributed by atoms with Crippen molar-refractivity contribution in [1.29, 1.82) is 0 Å². The Kier molecular flexibility index (Phi) is 5.33. The quantitative estimate of drug-likeness (QED) is 0.769. The number of carbonyl (C=O) groups is 1. The van der Waals surface area contributed by atoms with Gasteiger partial charge in [0.2, 0.25) is 5.91 Å². The second kappa shape index (κ2) is 7.22. The van der Waals surface area contributed by atoms with Crippen LogP contribution in [0.4, 0.5) is 0 Å². The predicted octanol–water partition coefficient (Wildman–Crippen LogP) is 2.38. The van der Waals surface area contributed by atoms with Crippen LogP contribution in [0.1, 0.15) is 37.6 Å². The van der Waals surface area contributed by atoms with Gasteiger partial charge < -0.3 is 15.0 Å². The Bertz CT molecular complexity index is 605. The fraction of sp³-hybridized carbons (Fsp3) is 0.500. The number of hydrogen-bond acceptors (Lipinski definition) is 3. The maximum Gasteiger partial charge on any atom is 0.224 e. The molecule has 1 heterocycles. The number of amides is 1. The summed E-state index contributed by atoms with van der Waals surface area (Å²) in [6, 6.07) is 5.93. The number of methoxy groups -OCH3 is 1. The lowest BCUT2D eigenvalue weighted by Crippen LogP contribution is -2.26. The highest BCUT2D eigenvalue weighted by Crippen LogP contribution is 2.18. The summed E-state index contributed by atoms with van der Waals surface area (Å²) < 4.78 is 4.95. The van der Waals surface area contributed by atoms with E-state index >= 15 is 0 Å². The SMILES string of the molecule is COCCCNC(=O)Cc1ccc2nc(C(C)C)[nH]c2c1. The van der Waals surface area contributed by atoms with Gasteiger partial charge in [-0.2, -0.15) is 0 Å². The molecule has 5 nitrogen and oxygen atoms in total. The van der Waals surface area contributed by atoms with Crippen molar-refractivity contribution >= 4 is 16.9 Å². The molecule has 0 radical (unpaired) electrons. The lowest BCUT2D eigenvalue weighted by molar-refractivity contribution is -0.120. The average Bonchev–Trinajstić information content (AvgIpc) is 2.87. The molecule has 2 rings (SSSR count). The number of benzene rings is 1. The van der Waals surface area contributed by atoms with Crippen LogP contribution >= 0.6 is 0 Å². The zero-order valence-electron chi connectivity index (χ0n) is 12.9. The van der Waals surface area contributed by atoms with Crippen molar-refractivity contribution in [1.82, 2.24) is 15.3 Å². The number of imidazole rings is 1. The zero-order valence-corrected chi connectivity index (χ0v) is 12.9. The van der Waals surface area contributed by atoms with E-state index in [-0.39, 0.29) is 5.91 Å². The molecule has 114 valence electrons. The fourth-order valence-corrected chi connectivity index (χ4v) is 2.15. The summed E-state index contributed by atoms with van der Waals surface area (Å²) in [5, 5.41) is 2.89. The predicted molar refractivity (Wildman–Crippen MR) is 83.4 cm³/mol. The van der Waals surface area contributed by atoms with Crippen molar-refractivity contribution in [2.75, 3.05) is 20.3 Å². The highest BCUT2D eigenvalue weighted by molar-refractivity contribution is 5.81. The molecule has 0 aliphatic rings. The van der Waals surface area contributed by atoms with Gasteiger partial charge in [-0.15, -0.1) is 0 Å². The molecule has 0 atom stereocenters. The van der Waals surface area contributed by atoms with Gasteiger partial charge in [-0.05, 0) is 24.1 Å². The van der Waals surface area contributed by atoms with Gasteiger partial charge in [-0.25, -0.2) is 4.98 Å². The maximum absolute atomic E-state index is 11.8. The summed E-state index contributed by atoms with van der Waals surface area (Å²) in [6.07, 6.45) is 1.22. The van der Waals surface area contributed by atoms with Gasteiger partial charge in [-0.3, -0.25) is 4.79 Å². The summed E-state index contributed by atoms with van der Waals surface area (Å²) >= 11 is 0. The minimum atomic E-state index is 0.0362. The highest BCUT2D eigenvalue weighted by Gasteiger charge is 2.08. The molecule has 0 saturated heterocycles. The van der Waals surface area contributed by atoms with Crippen LogP contribution in [0.2, 0.25) is 0 Å². The Labute approximate surface area is 125 Å². The highest BCUT2D eigenvalue weighted by atomic mass is 16.5. The van der Waals surface area contributed by atoms with Gasteiger partial charge in [0, 0.05) is 26.2 Å². The van der Waals surface area contributed by atoms with E-state index in [0.29, 0.717) is 25.5 Å². The maximum atomic E-state index is 11.8. The van der Waals surface area contributed by atoms with Gasteiger partial charge >= 0.3 is 0 Å². The van der Waals surface area contributed by atoms with Crippen LogP contribution in [0.25, 0.3) is 11.0 Å². The monoisotopic (exact) mass is 289 g/mol. The van der Waals surface area contributed by atoms with E-state index < -0.39 is 0 Å². The van der Waals surface area contributed by atoms with Gasteiger partial charge in [0.25, 0.3) is 0 Å². The Hall–Kier alpha value is -1.88. The number of carbonyl (C=O) groups excluding carboxylic acids is 1. The Morgan fingerprint density at radius 2 is 2.24 bits per heavy atom. The number of hydrogen-bond donors (Lipinski definition) is 2. The number of ether oxygens (including phenoxy) is 1. The van der Waals surface area contributed by atoms with E-state index in [0.717, 1.165) is 28.8 Å². The Balaban J connectivity index is 1.97. The third kappa shape index (κ3) is 4.29. The van der Waals surface area contributed by atoms with Crippen molar-refractivity contribution in [3.63, 3.8) is 0 Å². The second-order valence-corrected chi connectivity index (χ2v) is 5.50. The average molecular weight is 289 g/mol. The molecule has 1 aromatic carbocycles. The summed E-state index contributed by atoms with van der Waals surface area (Å²) in [5.74, 6) is 1.38. The van der Waals surface area contributed by atoms with E-state index in [1.54, 1.807) is 7.11 Å². The first-order valence-electron chi connectivity index (χ1n) is 7.34. The van der Waals surface area contributed by atoms with Crippen LogP contribution in [0.3, 0.4) is 0 Å². The number of H-pyrrole nitrogens is 1. The minimum Gasteiger partial charge on any atom is -0.385 e. The standard InChI is InChI=1S/C16H23N3O2/c1-11(2)16-18-13-6-5-12(9-14(13)19-16)10-15(20)17-7-4-8-21-3/h5-6,9,11H,4,7-8,10H2,1-3H3,(H,17,20)(H,18,19). The van der Waals surface area contributed by atoms with Crippen LogP contribution < -0.4 is 5.32 Å². The molecule has 21 heavy (non-hydrogen) atoms. The number of nitrogens with zero attached hydrogens (tertiary/aromatic N) is 1. The van der Waals surface area contributed by atoms with E-state index in [4.69, 9.17) is 4.74 Å². The minimum absolute atomic E-state index is 0.0362. The normalized spacial score (nSPS) is 11.2. The van der Waals surface area contributed by atoms with Crippen molar-refractivity contribution < 1.29 is 9.53 Å². The summed E-state index contributed by atoms with van der Waals surface area (Å²) in [7, 11) is 1.66. The lowest BCUT2D eigenvalue weighted by atomic mass is 10.1. The molecule has 0 bridgehead atoms. The van der Waals surface area contributed by atoms with Crippen LogP contribution in [-0.4, -0.2) is 36.1 Å². The summed E-state index contributed by atoms with van der Waals surface area (Å²) in [5.41, 5.74) is 2.93. The molecular weight excluding hydrogens is 266 g/mol. The van der Waals surface area contributed by atoms with E-state index in [1.165, 1.54) is 0 Å². The van der Waals surface area contributed by atoms with Crippen molar-refractivity contribution in [3.05, 3.63) is 29.6 Å². The molecule has 1 amide bonds. The van der Waals surface area contributed by atoms with E-state index in [9.17, 15) is 4.79 Å². The van der Waals surface area contributed by atoms with Crippen LogP contribution in [0.5, 0.6) is 0 Å². The molecule has 5 heteroatoms. The second-order valence-electron chi connectivity index (χ2n) is 5.50. The summed E-state index contributed by atoms with van der Waals surface area (Å²) in [4.78, 5) is 19.7. The molecular formula is C16H23N3O2. The molecule has 0 saturated carbocycles. The van der Waals surface area contributed by atoms with Crippen molar-refractivity contribution in [2.24, 2.45) is 0 Å². The number of rotatable bonds is 7. The van der Waals surface area contributed by atoms with E-state index in [1.807, 2.05) is 18.2 Å². The van der Waals surface area contributed by atoms with Crippen LogP contribution in [-0.2, 0) is 16.0 Å². The molecule has 2 aromatic rings. The molecule has 0 aliphatic carbocycles. The van der Waals surface area contributed by atoms with Crippen molar-refractivity contribution in [3.8, 4) is 0 Å². The largest absolute Gasteiger partial charge is 0.385 e. The number of fused-ring (bicyclic) bond motifs is 1. The number of aromatic amines is 1. The van der Waals surface area contributed by atoms with Gasteiger partial charge in [0.1, 0.15) is 5.82 Å². The smallest absolute Gasteiger partial charge is 0.224 e. The van der Waals surface area contributed by atoms with Crippen LogP contribution in [0.15, 0.2) is 18.2 Å². The van der Waals surface area contributed by atoms with Crippen LogP contribution in [0, 0.1) is 0 Å². The summed E-state index contributed by atoms with van der Waals surface area (Å²) in [6.45, 7) is 5.52. The van der Waals surface area contributed by atoms with Crippen molar-refractivity contribution in [2.45, 2.75) is 32.6 Å². The molecule has 0 fully saturated rings. The third-order valence-electron chi connectivity index (χ3n) is 3.32. The molecule has 0 spiro atoms. The fourth-order valence-electron chi connectivity index (χ4n) is 2.15. The molecule has 0 unspecified atom stereocenters.